The summed E-state index contributed by atoms with van der Waals surface area (Å²) in [6, 6.07) is 4.41. The lowest BCUT2D eigenvalue weighted by molar-refractivity contribution is 0.101. The average Bonchev–Trinajstić information content (AvgIpc) is 3.03. The van der Waals surface area contributed by atoms with E-state index in [9.17, 15) is 4.79 Å². The highest BCUT2D eigenvalue weighted by Crippen LogP contribution is 2.26. The topological polar surface area (TPSA) is 48.9 Å². The van der Waals surface area contributed by atoms with Crippen LogP contribution in [0.3, 0.4) is 0 Å². The Morgan fingerprint density at radius 2 is 1.80 bits per heavy atom. The summed E-state index contributed by atoms with van der Waals surface area (Å²) >= 11 is 0. The number of amides is 1. The maximum atomic E-state index is 12.3. The molecule has 1 amide bonds. The fourth-order valence-electron chi connectivity index (χ4n) is 4.20. The van der Waals surface area contributed by atoms with Gasteiger partial charge >= 0.3 is 6.09 Å². The summed E-state index contributed by atoms with van der Waals surface area (Å²) in [5.41, 5.74) is 1.22. The number of pyridine rings is 1. The van der Waals surface area contributed by atoms with E-state index in [0.29, 0.717) is 6.04 Å². The minimum atomic E-state index is -0.115. The molecule has 0 N–H and O–H groups in total. The molecule has 25 heavy (non-hydrogen) atoms. The summed E-state index contributed by atoms with van der Waals surface area (Å²) in [6.07, 6.45) is 10.2. The molecular weight excluding hydrogens is 316 g/mol. The van der Waals surface area contributed by atoms with Crippen LogP contribution in [-0.4, -0.2) is 72.3 Å². The first-order valence-corrected chi connectivity index (χ1v) is 9.46. The van der Waals surface area contributed by atoms with Crippen molar-refractivity contribution in [3.8, 4) is 0 Å². The largest absolute Gasteiger partial charge is 0.443 e. The number of likely N-dealkylation sites (tertiary alicyclic amines) is 1. The first kappa shape index (κ1) is 16.6. The first-order valence-electron chi connectivity index (χ1n) is 9.46. The van der Waals surface area contributed by atoms with Gasteiger partial charge in [-0.05, 0) is 57.3 Å². The van der Waals surface area contributed by atoms with Gasteiger partial charge in [0.05, 0.1) is 6.54 Å². The van der Waals surface area contributed by atoms with Crippen molar-refractivity contribution in [3.05, 3.63) is 30.9 Å². The number of cyclic esters (lactones) is 1. The van der Waals surface area contributed by atoms with Crippen molar-refractivity contribution in [1.82, 2.24) is 14.8 Å². The number of carbonyl (C=O) groups excluding carboxylic acids is 1. The Labute approximate surface area is 149 Å². The third-order valence-corrected chi connectivity index (χ3v) is 5.60. The fraction of sp³-hybridized carbons (Fsp3) is 0.632. The molecule has 1 aromatic heterocycles. The maximum absolute atomic E-state index is 12.3. The number of ether oxygens (including phenoxy) is 1. The van der Waals surface area contributed by atoms with Gasteiger partial charge in [-0.3, -0.25) is 9.88 Å². The van der Waals surface area contributed by atoms with Gasteiger partial charge in [0.25, 0.3) is 0 Å². The molecule has 3 aliphatic rings. The summed E-state index contributed by atoms with van der Waals surface area (Å²) in [6.45, 7) is 5.78. The van der Waals surface area contributed by atoms with Crippen LogP contribution in [0.2, 0.25) is 0 Å². The number of carbonyl (C=O) groups is 1. The lowest BCUT2D eigenvalue weighted by Gasteiger charge is -2.36. The van der Waals surface area contributed by atoms with E-state index in [2.05, 4.69) is 33.3 Å². The molecule has 0 saturated carbocycles. The molecule has 3 saturated heterocycles. The molecule has 1 atom stereocenters. The van der Waals surface area contributed by atoms with E-state index < -0.39 is 0 Å². The van der Waals surface area contributed by atoms with Crippen LogP contribution in [0.4, 0.5) is 10.5 Å². The Morgan fingerprint density at radius 3 is 2.52 bits per heavy atom. The normalized spacial score (nSPS) is 26.1. The second-order valence-corrected chi connectivity index (χ2v) is 7.25. The fourth-order valence-corrected chi connectivity index (χ4v) is 4.20. The van der Waals surface area contributed by atoms with Crippen LogP contribution in [0, 0.1) is 6.42 Å². The zero-order valence-corrected chi connectivity index (χ0v) is 14.7. The van der Waals surface area contributed by atoms with Crippen LogP contribution < -0.4 is 4.90 Å². The summed E-state index contributed by atoms with van der Waals surface area (Å²) in [5.74, 6) is 0. The van der Waals surface area contributed by atoms with Gasteiger partial charge < -0.3 is 14.5 Å². The van der Waals surface area contributed by atoms with E-state index in [-0.39, 0.29) is 12.2 Å². The zero-order valence-electron chi connectivity index (χ0n) is 14.7. The molecule has 1 unspecified atom stereocenters. The van der Waals surface area contributed by atoms with Crippen molar-refractivity contribution >= 4 is 11.8 Å². The van der Waals surface area contributed by atoms with Gasteiger partial charge in [-0.15, -0.1) is 0 Å². The highest BCUT2D eigenvalue weighted by Gasteiger charge is 2.38. The molecule has 3 aliphatic heterocycles. The second kappa shape index (κ2) is 7.60. The Hall–Kier alpha value is -1.82. The lowest BCUT2D eigenvalue weighted by Crippen LogP contribution is -2.46. The quantitative estimate of drug-likeness (QED) is 0.839. The highest BCUT2D eigenvalue weighted by molar-refractivity contribution is 5.70. The van der Waals surface area contributed by atoms with Crippen LogP contribution in [-0.2, 0) is 4.74 Å². The Kier molecular flexibility index (Phi) is 5.06. The second-order valence-electron chi connectivity index (χ2n) is 7.25. The van der Waals surface area contributed by atoms with E-state index in [1.54, 1.807) is 0 Å². The van der Waals surface area contributed by atoms with Gasteiger partial charge in [-0.25, -0.2) is 4.79 Å². The van der Waals surface area contributed by atoms with Crippen molar-refractivity contribution < 1.29 is 9.53 Å². The molecule has 135 valence electrons. The molecule has 1 radical (unpaired) electrons. The average molecular weight is 343 g/mol. The number of piperidine rings is 2. The summed E-state index contributed by atoms with van der Waals surface area (Å²) in [7, 11) is 0. The molecule has 3 fully saturated rings. The predicted molar refractivity (Wildman–Crippen MR) is 96.4 cm³/mol. The van der Waals surface area contributed by atoms with Gasteiger partial charge in [0.15, 0.2) is 0 Å². The summed E-state index contributed by atoms with van der Waals surface area (Å²) < 4.78 is 5.65. The van der Waals surface area contributed by atoms with Gasteiger partial charge in [-0.2, -0.15) is 0 Å². The molecule has 0 spiro atoms. The molecular formula is C19H27N4O2. The number of anilines is 1. The van der Waals surface area contributed by atoms with Crippen molar-refractivity contribution in [1.29, 1.82) is 0 Å². The molecule has 6 heteroatoms. The van der Waals surface area contributed by atoms with Gasteiger partial charge in [0, 0.05) is 43.8 Å². The van der Waals surface area contributed by atoms with Gasteiger partial charge in [0.2, 0.25) is 0 Å². The van der Waals surface area contributed by atoms with Crippen molar-refractivity contribution in [2.75, 3.05) is 44.2 Å². The molecule has 4 rings (SSSR count). The highest BCUT2D eigenvalue weighted by atomic mass is 16.6. The summed E-state index contributed by atoms with van der Waals surface area (Å²) in [5, 5.41) is 0. The Morgan fingerprint density at radius 1 is 1.08 bits per heavy atom. The molecule has 0 bridgehead atoms. The maximum Gasteiger partial charge on any atom is 0.410 e. The van der Waals surface area contributed by atoms with Crippen molar-refractivity contribution in [2.24, 2.45) is 0 Å². The number of hydrogen-bond donors (Lipinski definition) is 0. The first-order chi connectivity index (χ1) is 12.3. The van der Waals surface area contributed by atoms with Crippen LogP contribution in [0.15, 0.2) is 24.5 Å². The third kappa shape index (κ3) is 3.89. The van der Waals surface area contributed by atoms with Gasteiger partial charge in [-0.1, -0.05) is 0 Å². The van der Waals surface area contributed by atoms with Crippen LogP contribution >= 0.6 is 0 Å². The van der Waals surface area contributed by atoms with E-state index >= 15 is 0 Å². The third-order valence-electron chi connectivity index (χ3n) is 5.60. The zero-order chi connectivity index (χ0) is 17.1. The van der Waals surface area contributed by atoms with Crippen LogP contribution in [0.5, 0.6) is 0 Å². The monoisotopic (exact) mass is 343 g/mol. The van der Waals surface area contributed by atoms with Crippen molar-refractivity contribution in [3.63, 3.8) is 0 Å². The smallest absolute Gasteiger partial charge is 0.410 e. The van der Waals surface area contributed by atoms with E-state index in [0.717, 1.165) is 65.0 Å². The molecule has 0 aromatic carbocycles. The SMILES string of the molecule is O=C1OC(CN2CC[CH]CC2)CN1C1CCN(c2ccncc2)CC1. The minimum Gasteiger partial charge on any atom is -0.443 e. The molecule has 4 heterocycles. The van der Waals surface area contributed by atoms with Crippen LogP contribution in [0.1, 0.15) is 25.7 Å². The molecule has 6 nitrogen and oxygen atoms in total. The minimum absolute atomic E-state index is 0.0313. The Bertz CT molecular complexity index is 568. The molecule has 0 aliphatic carbocycles. The molecule has 1 aromatic rings. The Balaban J connectivity index is 1.28. The van der Waals surface area contributed by atoms with Crippen LogP contribution in [0.25, 0.3) is 0 Å². The van der Waals surface area contributed by atoms with Crippen molar-refractivity contribution in [2.45, 2.75) is 37.8 Å². The lowest BCUT2D eigenvalue weighted by atomic mass is 10.0. The number of hydrogen-bond acceptors (Lipinski definition) is 5. The van der Waals surface area contributed by atoms with E-state index in [4.69, 9.17) is 4.74 Å². The predicted octanol–water partition coefficient (Wildman–Crippen LogP) is 2.17. The summed E-state index contributed by atoms with van der Waals surface area (Å²) in [4.78, 5) is 23.2. The van der Waals surface area contributed by atoms with Gasteiger partial charge in [0.1, 0.15) is 6.10 Å². The standard InChI is InChI=1S/C19H27N4O2/c24-19-23(15-18(25-19)14-21-10-2-1-3-11-21)17-6-12-22(13-7-17)16-4-8-20-9-5-16/h1,4-5,8-9,17-18H,2-3,6-7,10-15H2. The number of aromatic nitrogens is 1. The number of rotatable bonds is 4. The van der Waals surface area contributed by atoms with E-state index in [1.807, 2.05) is 17.3 Å². The number of nitrogens with zero attached hydrogens (tertiary/aromatic N) is 4. The van der Waals surface area contributed by atoms with E-state index in [1.165, 1.54) is 5.69 Å².